The zero-order valence-corrected chi connectivity index (χ0v) is 6.60. The highest BCUT2D eigenvalue weighted by atomic mass is 15.1. The number of rotatable bonds is 2. The fourth-order valence-electron chi connectivity index (χ4n) is 0.533. The summed E-state index contributed by atoms with van der Waals surface area (Å²) >= 11 is 0. The van der Waals surface area contributed by atoms with Crippen LogP contribution in [-0.2, 0) is 0 Å². The van der Waals surface area contributed by atoms with Gasteiger partial charge in [-0.3, -0.25) is 4.98 Å². The molecule has 0 aliphatic heterocycles. The van der Waals surface area contributed by atoms with Crippen LogP contribution in [0.2, 0.25) is 0 Å². The molecule has 0 spiro atoms. The molecular formula is C7H10N4. The molecule has 0 unspecified atom stereocenters. The van der Waals surface area contributed by atoms with Gasteiger partial charge in [0.15, 0.2) is 5.82 Å². The van der Waals surface area contributed by atoms with Gasteiger partial charge in [0.05, 0.1) is 12.5 Å². The van der Waals surface area contributed by atoms with Crippen LogP contribution in [0.25, 0.3) is 0 Å². The van der Waals surface area contributed by atoms with Crippen LogP contribution in [0.3, 0.4) is 0 Å². The Morgan fingerprint density at radius 1 is 1.45 bits per heavy atom. The van der Waals surface area contributed by atoms with E-state index >= 15 is 0 Å². The van der Waals surface area contributed by atoms with Gasteiger partial charge in [-0.1, -0.05) is 0 Å². The van der Waals surface area contributed by atoms with Crippen LogP contribution >= 0.6 is 0 Å². The Morgan fingerprint density at radius 3 is 2.82 bits per heavy atom. The Morgan fingerprint density at radius 2 is 2.27 bits per heavy atom. The van der Waals surface area contributed by atoms with Crippen molar-refractivity contribution in [1.29, 1.82) is 0 Å². The van der Waals surface area contributed by atoms with Crippen molar-refractivity contribution < 1.29 is 0 Å². The van der Waals surface area contributed by atoms with Crippen LogP contribution in [0.15, 0.2) is 23.6 Å². The summed E-state index contributed by atoms with van der Waals surface area (Å²) in [5.74, 6) is 0.626. The summed E-state index contributed by atoms with van der Waals surface area (Å²) in [6.45, 7) is 0. The van der Waals surface area contributed by atoms with Gasteiger partial charge in [-0.15, -0.1) is 0 Å². The topological polar surface area (TPSA) is 41.4 Å². The summed E-state index contributed by atoms with van der Waals surface area (Å²) < 4.78 is 0. The van der Waals surface area contributed by atoms with E-state index in [2.05, 4.69) is 15.0 Å². The summed E-state index contributed by atoms with van der Waals surface area (Å²) in [5.41, 5.74) is 0. The predicted molar refractivity (Wildman–Crippen MR) is 43.9 cm³/mol. The molecule has 1 heterocycles. The van der Waals surface area contributed by atoms with Crippen molar-refractivity contribution in [2.45, 2.75) is 0 Å². The third-order valence-electron chi connectivity index (χ3n) is 0.970. The Kier molecular flexibility index (Phi) is 2.54. The molecule has 0 atom stereocenters. The van der Waals surface area contributed by atoms with Crippen LogP contribution in [0.1, 0.15) is 0 Å². The molecule has 0 saturated heterocycles. The summed E-state index contributed by atoms with van der Waals surface area (Å²) in [6.07, 6.45) is 6.53. The number of aliphatic imine (C=N–C) groups is 1. The lowest BCUT2D eigenvalue weighted by Gasteiger charge is -2.00. The minimum Gasteiger partial charge on any atom is -0.369 e. The SMILES string of the molecule is CN(C)C=Nc1cnccn1. The first kappa shape index (κ1) is 7.65. The molecule has 0 amide bonds. The Hall–Kier alpha value is -1.45. The van der Waals surface area contributed by atoms with Gasteiger partial charge in [0.1, 0.15) is 0 Å². The molecule has 0 saturated carbocycles. The van der Waals surface area contributed by atoms with Crippen LogP contribution in [0.5, 0.6) is 0 Å². The van der Waals surface area contributed by atoms with Gasteiger partial charge in [0, 0.05) is 26.5 Å². The minimum atomic E-state index is 0.626. The van der Waals surface area contributed by atoms with E-state index in [-0.39, 0.29) is 0 Å². The number of nitrogens with zero attached hydrogens (tertiary/aromatic N) is 4. The highest BCUT2D eigenvalue weighted by molar-refractivity contribution is 5.58. The first-order valence-corrected chi connectivity index (χ1v) is 3.25. The molecule has 0 bridgehead atoms. The molecular weight excluding hydrogens is 140 g/mol. The average molecular weight is 150 g/mol. The van der Waals surface area contributed by atoms with E-state index in [1.807, 2.05) is 19.0 Å². The van der Waals surface area contributed by atoms with Crippen molar-refractivity contribution in [1.82, 2.24) is 14.9 Å². The van der Waals surface area contributed by atoms with Gasteiger partial charge >= 0.3 is 0 Å². The first-order valence-electron chi connectivity index (χ1n) is 3.25. The minimum absolute atomic E-state index is 0.626. The highest BCUT2D eigenvalue weighted by Gasteiger charge is 1.85. The standard InChI is InChI=1S/C7H10N4/c1-11(2)6-10-7-5-8-3-4-9-7/h3-6H,1-2H3. The second kappa shape index (κ2) is 3.65. The molecule has 4 heteroatoms. The average Bonchev–Trinajstić information content (AvgIpc) is 2.03. The van der Waals surface area contributed by atoms with Crippen LogP contribution in [0.4, 0.5) is 5.82 Å². The fraction of sp³-hybridized carbons (Fsp3) is 0.286. The fourth-order valence-corrected chi connectivity index (χ4v) is 0.533. The van der Waals surface area contributed by atoms with Gasteiger partial charge in [0.2, 0.25) is 0 Å². The predicted octanol–water partition coefficient (Wildman–Crippen LogP) is 0.698. The summed E-state index contributed by atoms with van der Waals surface area (Å²) in [7, 11) is 3.81. The van der Waals surface area contributed by atoms with Crippen molar-refractivity contribution in [3.05, 3.63) is 18.6 Å². The summed E-state index contributed by atoms with van der Waals surface area (Å²) in [6, 6.07) is 0. The van der Waals surface area contributed by atoms with Gasteiger partial charge in [-0.25, -0.2) is 9.98 Å². The van der Waals surface area contributed by atoms with E-state index in [9.17, 15) is 0 Å². The van der Waals surface area contributed by atoms with Crippen LogP contribution in [-0.4, -0.2) is 35.3 Å². The van der Waals surface area contributed by atoms with E-state index in [1.54, 1.807) is 24.9 Å². The molecule has 4 nitrogen and oxygen atoms in total. The van der Waals surface area contributed by atoms with Gasteiger partial charge < -0.3 is 4.90 Å². The van der Waals surface area contributed by atoms with E-state index in [0.29, 0.717) is 5.82 Å². The lowest BCUT2D eigenvalue weighted by Crippen LogP contribution is -2.07. The number of hydrogen-bond donors (Lipinski definition) is 0. The zero-order chi connectivity index (χ0) is 8.10. The highest BCUT2D eigenvalue weighted by Crippen LogP contribution is 2.00. The molecule has 1 rings (SSSR count). The van der Waals surface area contributed by atoms with Crippen LogP contribution in [0, 0.1) is 0 Å². The zero-order valence-electron chi connectivity index (χ0n) is 6.60. The molecule has 0 N–H and O–H groups in total. The van der Waals surface area contributed by atoms with E-state index in [1.165, 1.54) is 0 Å². The maximum absolute atomic E-state index is 4.03. The second-order valence-corrected chi connectivity index (χ2v) is 2.27. The Balaban J connectivity index is 2.65. The third-order valence-corrected chi connectivity index (χ3v) is 0.970. The number of aromatic nitrogens is 2. The lowest BCUT2D eigenvalue weighted by atomic mass is 10.7. The monoisotopic (exact) mass is 150 g/mol. The molecule has 58 valence electrons. The van der Waals surface area contributed by atoms with E-state index < -0.39 is 0 Å². The van der Waals surface area contributed by atoms with E-state index in [0.717, 1.165) is 0 Å². The summed E-state index contributed by atoms with van der Waals surface area (Å²) in [5, 5.41) is 0. The first-order chi connectivity index (χ1) is 5.29. The lowest BCUT2D eigenvalue weighted by molar-refractivity contribution is 0.643. The van der Waals surface area contributed by atoms with Crippen molar-refractivity contribution in [3.8, 4) is 0 Å². The molecule has 1 aromatic rings. The van der Waals surface area contributed by atoms with Crippen molar-refractivity contribution in [2.24, 2.45) is 4.99 Å². The Labute approximate surface area is 65.6 Å². The molecule has 1 aromatic heterocycles. The molecule has 0 aliphatic carbocycles. The molecule has 11 heavy (non-hydrogen) atoms. The van der Waals surface area contributed by atoms with Crippen LogP contribution < -0.4 is 0 Å². The molecule has 0 radical (unpaired) electrons. The maximum atomic E-state index is 4.03. The molecule has 0 aromatic carbocycles. The van der Waals surface area contributed by atoms with Crippen molar-refractivity contribution >= 4 is 12.2 Å². The summed E-state index contributed by atoms with van der Waals surface area (Å²) in [4.78, 5) is 13.7. The quantitative estimate of drug-likeness (QED) is 0.460. The van der Waals surface area contributed by atoms with Gasteiger partial charge in [0.25, 0.3) is 0 Å². The maximum Gasteiger partial charge on any atom is 0.172 e. The van der Waals surface area contributed by atoms with Gasteiger partial charge in [-0.2, -0.15) is 0 Å². The largest absolute Gasteiger partial charge is 0.369 e. The normalized spacial score (nSPS) is 10.4. The smallest absolute Gasteiger partial charge is 0.172 e. The van der Waals surface area contributed by atoms with Crippen molar-refractivity contribution in [3.63, 3.8) is 0 Å². The third kappa shape index (κ3) is 2.75. The Bertz CT molecular complexity index is 229. The molecule has 0 aliphatic rings. The molecule has 0 fully saturated rings. The van der Waals surface area contributed by atoms with Crippen molar-refractivity contribution in [2.75, 3.05) is 14.1 Å². The van der Waals surface area contributed by atoms with Gasteiger partial charge in [-0.05, 0) is 0 Å². The second-order valence-electron chi connectivity index (χ2n) is 2.27. The number of hydrogen-bond acceptors (Lipinski definition) is 3. The van der Waals surface area contributed by atoms with E-state index in [4.69, 9.17) is 0 Å².